The van der Waals surface area contributed by atoms with Crippen molar-refractivity contribution in [3.8, 4) is 11.5 Å². The molecular formula is C30H46N4O2. The predicted molar refractivity (Wildman–Crippen MR) is 146 cm³/mol. The Kier molecular flexibility index (Phi) is 8.79. The minimum absolute atomic E-state index is 0.0499. The largest absolute Gasteiger partial charge is 0.349 e. The molecule has 2 aliphatic carbocycles. The van der Waals surface area contributed by atoms with E-state index >= 15 is 0 Å². The lowest BCUT2D eigenvalue weighted by Crippen LogP contribution is -2.39. The Morgan fingerprint density at radius 3 is 1.94 bits per heavy atom. The first kappa shape index (κ1) is 28.1. The first-order valence-electron chi connectivity index (χ1n) is 13.6. The maximum Gasteiger partial charge on any atom is 0.253 e. The molecule has 0 saturated heterocycles. The summed E-state index contributed by atoms with van der Waals surface area (Å²) in [5.41, 5.74) is 4.73. The number of aromatic nitrogens is 3. The zero-order valence-electron chi connectivity index (χ0n) is 23.5. The van der Waals surface area contributed by atoms with E-state index in [2.05, 4.69) is 70.5 Å². The fourth-order valence-electron chi connectivity index (χ4n) is 5.07. The number of nitrogens with one attached hydrogen (secondary N) is 1. The molecule has 198 valence electrons. The lowest BCUT2D eigenvalue weighted by atomic mass is 9.86. The highest BCUT2D eigenvalue weighted by atomic mass is 16.1. The zero-order chi connectivity index (χ0) is 26.7. The normalized spacial score (nSPS) is 17.2. The third-order valence-electron chi connectivity index (χ3n) is 7.71. The summed E-state index contributed by atoms with van der Waals surface area (Å²) in [6, 6.07) is 4.54. The van der Waals surface area contributed by atoms with Crippen LogP contribution in [0.15, 0.2) is 12.1 Å². The lowest BCUT2D eigenvalue weighted by Gasteiger charge is -2.26. The SMILES string of the molecule is C=O.Cc1c(C(=O)NC2CCC2)cc(-c2nc(C(C)(C)C)cc(C(C)(C)C)n2)n1CC1CCCCC1. The molecule has 2 aromatic heterocycles. The highest BCUT2D eigenvalue weighted by molar-refractivity contribution is 5.97. The van der Waals surface area contributed by atoms with Gasteiger partial charge in [-0.1, -0.05) is 60.8 Å². The van der Waals surface area contributed by atoms with E-state index in [4.69, 9.17) is 14.8 Å². The van der Waals surface area contributed by atoms with Crippen LogP contribution in [-0.4, -0.2) is 33.3 Å². The van der Waals surface area contributed by atoms with Gasteiger partial charge in [-0.15, -0.1) is 0 Å². The smallest absolute Gasteiger partial charge is 0.253 e. The number of carbonyl (C=O) groups excluding carboxylic acids is 2. The van der Waals surface area contributed by atoms with Crippen LogP contribution in [0.1, 0.15) is 120 Å². The molecule has 0 aromatic carbocycles. The van der Waals surface area contributed by atoms with Crippen LogP contribution >= 0.6 is 0 Å². The third kappa shape index (κ3) is 6.43. The van der Waals surface area contributed by atoms with Gasteiger partial charge in [0, 0.05) is 29.1 Å². The minimum Gasteiger partial charge on any atom is -0.349 e. The van der Waals surface area contributed by atoms with Crippen molar-refractivity contribution in [3.05, 3.63) is 34.8 Å². The van der Waals surface area contributed by atoms with Crippen LogP contribution in [0.25, 0.3) is 11.5 Å². The molecule has 0 spiro atoms. The van der Waals surface area contributed by atoms with Gasteiger partial charge < -0.3 is 14.7 Å². The highest BCUT2D eigenvalue weighted by Crippen LogP contribution is 2.33. The molecule has 2 saturated carbocycles. The van der Waals surface area contributed by atoms with E-state index in [9.17, 15) is 4.79 Å². The molecule has 2 aromatic rings. The molecule has 36 heavy (non-hydrogen) atoms. The standard InChI is InChI=1S/C29H44N4O.CH2O/c1-19-22(27(34)30-21-14-11-15-21)16-23(33(19)18-20-12-9-8-10-13-20)26-31-24(28(2,3)4)17-25(32-26)29(5,6)7;1-2/h16-17,20-21H,8-15,18H2,1-7H3,(H,30,34);1H2. The molecule has 2 heterocycles. The van der Waals surface area contributed by atoms with Crippen LogP contribution < -0.4 is 5.32 Å². The van der Waals surface area contributed by atoms with Gasteiger partial charge in [0.15, 0.2) is 5.82 Å². The average molecular weight is 495 g/mol. The summed E-state index contributed by atoms with van der Waals surface area (Å²) in [4.78, 5) is 31.4. The third-order valence-corrected chi connectivity index (χ3v) is 7.71. The molecule has 0 radical (unpaired) electrons. The summed E-state index contributed by atoms with van der Waals surface area (Å²) in [5.74, 6) is 1.45. The van der Waals surface area contributed by atoms with Gasteiger partial charge in [-0.05, 0) is 57.1 Å². The van der Waals surface area contributed by atoms with Gasteiger partial charge in [0.05, 0.1) is 22.6 Å². The molecule has 2 aliphatic rings. The van der Waals surface area contributed by atoms with E-state index in [1.165, 1.54) is 38.5 Å². The van der Waals surface area contributed by atoms with E-state index in [0.717, 1.165) is 53.5 Å². The van der Waals surface area contributed by atoms with Crippen LogP contribution in [0.5, 0.6) is 0 Å². The number of amides is 1. The molecule has 0 unspecified atom stereocenters. The molecular weight excluding hydrogens is 448 g/mol. The number of hydrogen-bond acceptors (Lipinski definition) is 4. The maximum atomic E-state index is 13.2. The molecule has 1 N–H and O–H groups in total. The molecule has 4 rings (SSSR count). The Morgan fingerprint density at radius 2 is 1.47 bits per heavy atom. The Morgan fingerprint density at radius 1 is 0.917 bits per heavy atom. The molecule has 0 bridgehead atoms. The van der Waals surface area contributed by atoms with Crippen LogP contribution in [0.3, 0.4) is 0 Å². The fourth-order valence-corrected chi connectivity index (χ4v) is 5.07. The van der Waals surface area contributed by atoms with E-state index in [-0.39, 0.29) is 16.7 Å². The Bertz CT molecular complexity index is 1020. The number of hydrogen-bond donors (Lipinski definition) is 1. The second-order valence-corrected chi connectivity index (χ2v) is 12.7. The Balaban J connectivity index is 0.00000176. The first-order valence-corrected chi connectivity index (χ1v) is 13.6. The van der Waals surface area contributed by atoms with Gasteiger partial charge in [-0.2, -0.15) is 0 Å². The van der Waals surface area contributed by atoms with E-state index in [0.29, 0.717) is 12.0 Å². The van der Waals surface area contributed by atoms with Gasteiger partial charge in [0.2, 0.25) is 0 Å². The second kappa shape index (κ2) is 11.3. The summed E-state index contributed by atoms with van der Waals surface area (Å²) in [6.45, 7) is 18.3. The van der Waals surface area contributed by atoms with Gasteiger partial charge in [-0.25, -0.2) is 9.97 Å². The van der Waals surface area contributed by atoms with Crippen molar-refractivity contribution in [2.75, 3.05) is 0 Å². The van der Waals surface area contributed by atoms with Crippen LogP contribution in [0.4, 0.5) is 0 Å². The van der Waals surface area contributed by atoms with Crippen molar-refractivity contribution in [1.29, 1.82) is 0 Å². The molecule has 6 heteroatoms. The second-order valence-electron chi connectivity index (χ2n) is 12.7. The molecule has 0 aliphatic heterocycles. The van der Waals surface area contributed by atoms with Crippen LogP contribution in [0, 0.1) is 12.8 Å². The van der Waals surface area contributed by atoms with E-state index in [1.807, 2.05) is 6.79 Å². The van der Waals surface area contributed by atoms with Crippen LogP contribution in [-0.2, 0) is 22.2 Å². The molecule has 0 atom stereocenters. The monoisotopic (exact) mass is 494 g/mol. The zero-order valence-corrected chi connectivity index (χ0v) is 23.5. The van der Waals surface area contributed by atoms with Gasteiger partial charge in [0.1, 0.15) is 6.79 Å². The van der Waals surface area contributed by atoms with Crippen molar-refractivity contribution in [3.63, 3.8) is 0 Å². The van der Waals surface area contributed by atoms with E-state index < -0.39 is 0 Å². The van der Waals surface area contributed by atoms with Gasteiger partial charge >= 0.3 is 0 Å². The van der Waals surface area contributed by atoms with Gasteiger partial charge in [0.25, 0.3) is 5.91 Å². The summed E-state index contributed by atoms with van der Waals surface area (Å²) in [7, 11) is 0. The highest BCUT2D eigenvalue weighted by Gasteiger charge is 2.28. The maximum absolute atomic E-state index is 13.2. The topological polar surface area (TPSA) is 76.9 Å². The average Bonchev–Trinajstić information content (AvgIpc) is 3.13. The predicted octanol–water partition coefficient (Wildman–Crippen LogP) is 6.53. The van der Waals surface area contributed by atoms with Crippen LogP contribution in [0.2, 0.25) is 0 Å². The minimum atomic E-state index is -0.0854. The summed E-state index contributed by atoms with van der Waals surface area (Å²) in [5, 5.41) is 3.25. The van der Waals surface area contributed by atoms with Gasteiger partial charge in [-0.3, -0.25) is 4.79 Å². The number of nitrogens with zero attached hydrogens (tertiary/aromatic N) is 3. The lowest BCUT2D eigenvalue weighted by molar-refractivity contribution is -0.0980. The van der Waals surface area contributed by atoms with Crippen molar-refractivity contribution in [2.45, 2.75) is 123 Å². The van der Waals surface area contributed by atoms with Crippen molar-refractivity contribution < 1.29 is 9.59 Å². The van der Waals surface area contributed by atoms with E-state index in [1.54, 1.807) is 0 Å². The number of rotatable bonds is 5. The Labute approximate surface area is 217 Å². The molecule has 6 nitrogen and oxygen atoms in total. The summed E-state index contributed by atoms with van der Waals surface area (Å²) < 4.78 is 2.35. The first-order chi connectivity index (χ1) is 16.9. The van der Waals surface area contributed by atoms with Crippen molar-refractivity contribution >= 4 is 12.7 Å². The van der Waals surface area contributed by atoms with Crippen molar-refractivity contribution in [1.82, 2.24) is 19.9 Å². The summed E-state index contributed by atoms with van der Waals surface area (Å²) >= 11 is 0. The molecule has 2 fully saturated rings. The van der Waals surface area contributed by atoms with Crippen molar-refractivity contribution in [2.24, 2.45) is 5.92 Å². The fraction of sp³-hybridized carbons (Fsp3) is 0.667. The summed E-state index contributed by atoms with van der Waals surface area (Å²) in [6.07, 6.45) is 9.86. The number of carbonyl (C=O) groups is 2. The Hall–Kier alpha value is -2.50. The quantitative estimate of drug-likeness (QED) is 0.513. The molecule has 1 amide bonds.